The van der Waals surface area contributed by atoms with Crippen LogP contribution in [0.2, 0.25) is 0 Å². The van der Waals surface area contributed by atoms with Crippen LogP contribution in [0, 0.1) is 0 Å². The van der Waals surface area contributed by atoms with E-state index in [1.165, 1.54) is 16.7 Å². The zero-order valence-corrected chi connectivity index (χ0v) is 15.6. The van der Waals surface area contributed by atoms with E-state index in [0.29, 0.717) is 18.4 Å². The molecule has 0 amide bonds. The Kier molecular flexibility index (Phi) is 6.30. The van der Waals surface area contributed by atoms with Gasteiger partial charge in [0.05, 0.1) is 6.61 Å². The summed E-state index contributed by atoms with van der Waals surface area (Å²) in [6.45, 7) is 11.7. The van der Waals surface area contributed by atoms with E-state index in [1.807, 2.05) is 6.07 Å². The third-order valence-corrected chi connectivity index (χ3v) is 4.36. The number of benzene rings is 2. The molecule has 0 aliphatic rings. The molecule has 0 unspecified atom stereocenters. The molecule has 130 valence electrons. The standard InChI is InChI=1S/C22H30O2/c1-6-7-13-24-21-14-17(23)11-12-20(21)22-18(15(2)3)9-8-10-19(22)16(4)5/h8-12,14-16,23H,6-7,13H2,1-5H3. The summed E-state index contributed by atoms with van der Waals surface area (Å²) in [5, 5.41) is 9.92. The van der Waals surface area contributed by atoms with Crippen LogP contribution in [0.1, 0.15) is 70.4 Å². The largest absolute Gasteiger partial charge is 0.508 e. The van der Waals surface area contributed by atoms with Gasteiger partial charge in [0.15, 0.2) is 0 Å². The van der Waals surface area contributed by atoms with Crippen LogP contribution in [0.25, 0.3) is 11.1 Å². The minimum Gasteiger partial charge on any atom is -0.508 e. The minimum atomic E-state index is 0.248. The van der Waals surface area contributed by atoms with Crippen molar-refractivity contribution < 1.29 is 9.84 Å². The van der Waals surface area contributed by atoms with Crippen molar-refractivity contribution in [3.63, 3.8) is 0 Å². The van der Waals surface area contributed by atoms with Gasteiger partial charge in [-0.25, -0.2) is 0 Å². The Balaban J connectivity index is 2.62. The van der Waals surface area contributed by atoms with E-state index in [4.69, 9.17) is 4.74 Å². The summed E-state index contributed by atoms with van der Waals surface area (Å²) < 4.78 is 6.02. The number of unbranched alkanes of at least 4 members (excludes halogenated alkanes) is 1. The van der Waals surface area contributed by atoms with E-state index in [-0.39, 0.29) is 5.75 Å². The highest BCUT2D eigenvalue weighted by Gasteiger charge is 2.19. The zero-order valence-electron chi connectivity index (χ0n) is 15.6. The molecule has 24 heavy (non-hydrogen) atoms. The first-order valence-corrected chi connectivity index (χ1v) is 9.04. The normalized spacial score (nSPS) is 11.3. The predicted octanol–water partition coefficient (Wildman–Crippen LogP) is 6.48. The fourth-order valence-electron chi connectivity index (χ4n) is 3.03. The average molecular weight is 326 g/mol. The lowest BCUT2D eigenvalue weighted by Gasteiger charge is -2.22. The van der Waals surface area contributed by atoms with Crippen molar-refractivity contribution in [3.05, 3.63) is 47.5 Å². The summed E-state index contributed by atoms with van der Waals surface area (Å²) in [5.41, 5.74) is 4.99. The van der Waals surface area contributed by atoms with Crippen molar-refractivity contribution >= 4 is 0 Å². The molecule has 0 radical (unpaired) electrons. The second kappa shape index (κ2) is 8.23. The predicted molar refractivity (Wildman–Crippen MR) is 102 cm³/mol. The zero-order chi connectivity index (χ0) is 17.7. The van der Waals surface area contributed by atoms with Gasteiger partial charge in [0.25, 0.3) is 0 Å². The molecule has 0 aliphatic carbocycles. The molecule has 2 heteroatoms. The average Bonchev–Trinajstić information content (AvgIpc) is 2.54. The number of ether oxygens (including phenoxy) is 1. The highest BCUT2D eigenvalue weighted by Crippen LogP contribution is 2.41. The van der Waals surface area contributed by atoms with E-state index < -0.39 is 0 Å². The fourth-order valence-corrected chi connectivity index (χ4v) is 3.03. The fraction of sp³-hybridized carbons (Fsp3) is 0.455. The van der Waals surface area contributed by atoms with Crippen LogP contribution in [0.4, 0.5) is 0 Å². The van der Waals surface area contributed by atoms with Crippen LogP contribution < -0.4 is 4.74 Å². The molecule has 0 atom stereocenters. The molecule has 0 aromatic heterocycles. The Bertz CT molecular complexity index is 645. The smallest absolute Gasteiger partial charge is 0.130 e. The lowest BCUT2D eigenvalue weighted by atomic mass is 9.84. The topological polar surface area (TPSA) is 29.5 Å². The van der Waals surface area contributed by atoms with Crippen molar-refractivity contribution in [2.45, 2.75) is 59.3 Å². The Morgan fingerprint density at radius 1 is 0.958 bits per heavy atom. The first-order valence-electron chi connectivity index (χ1n) is 9.04. The first kappa shape index (κ1) is 18.4. The molecule has 2 aromatic rings. The van der Waals surface area contributed by atoms with Crippen molar-refractivity contribution in [1.82, 2.24) is 0 Å². The number of aromatic hydroxyl groups is 1. The summed E-state index contributed by atoms with van der Waals surface area (Å²) in [6, 6.07) is 12.0. The van der Waals surface area contributed by atoms with E-state index >= 15 is 0 Å². The molecular formula is C22H30O2. The molecule has 1 N–H and O–H groups in total. The van der Waals surface area contributed by atoms with Gasteiger partial charge in [-0.1, -0.05) is 59.2 Å². The van der Waals surface area contributed by atoms with E-state index in [0.717, 1.165) is 24.2 Å². The van der Waals surface area contributed by atoms with Gasteiger partial charge >= 0.3 is 0 Å². The maximum Gasteiger partial charge on any atom is 0.130 e. The SMILES string of the molecule is CCCCOc1cc(O)ccc1-c1c(C(C)C)cccc1C(C)C. The Morgan fingerprint density at radius 2 is 1.58 bits per heavy atom. The lowest BCUT2D eigenvalue weighted by molar-refractivity contribution is 0.309. The van der Waals surface area contributed by atoms with E-state index in [9.17, 15) is 5.11 Å². The van der Waals surface area contributed by atoms with Crippen LogP contribution in [-0.4, -0.2) is 11.7 Å². The van der Waals surface area contributed by atoms with Gasteiger partial charge < -0.3 is 9.84 Å². The number of rotatable bonds is 7. The van der Waals surface area contributed by atoms with Crippen LogP contribution in [-0.2, 0) is 0 Å². The molecule has 0 spiro atoms. The maximum atomic E-state index is 9.92. The Hall–Kier alpha value is -1.96. The van der Waals surface area contributed by atoms with E-state index in [1.54, 1.807) is 12.1 Å². The number of phenolic OH excluding ortho intramolecular Hbond substituents is 1. The Morgan fingerprint density at radius 3 is 2.12 bits per heavy atom. The molecule has 2 rings (SSSR count). The highest BCUT2D eigenvalue weighted by atomic mass is 16.5. The third kappa shape index (κ3) is 4.11. The quantitative estimate of drug-likeness (QED) is 0.590. The molecular weight excluding hydrogens is 296 g/mol. The van der Waals surface area contributed by atoms with Crippen molar-refractivity contribution in [2.24, 2.45) is 0 Å². The van der Waals surface area contributed by atoms with Gasteiger partial charge in [0.2, 0.25) is 0 Å². The van der Waals surface area contributed by atoms with E-state index in [2.05, 4.69) is 52.8 Å². The summed E-state index contributed by atoms with van der Waals surface area (Å²) in [7, 11) is 0. The second-order valence-corrected chi connectivity index (χ2v) is 7.00. The number of hydrogen-bond acceptors (Lipinski definition) is 2. The van der Waals surface area contributed by atoms with Gasteiger partial charge in [-0.3, -0.25) is 0 Å². The summed E-state index contributed by atoms with van der Waals surface area (Å²) in [4.78, 5) is 0. The summed E-state index contributed by atoms with van der Waals surface area (Å²) in [6.07, 6.45) is 2.10. The monoisotopic (exact) mass is 326 g/mol. The summed E-state index contributed by atoms with van der Waals surface area (Å²) >= 11 is 0. The van der Waals surface area contributed by atoms with Crippen molar-refractivity contribution in [1.29, 1.82) is 0 Å². The van der Waals surface area contributed by atoms with Gasteiger partial charge in [-0.2, -0.15) is 0 Å². The first-order chi connectivity index (χ1) is 11.5. The van der Waals surface area contributed by atoms with Crippen molar-refractivity contribution in [2.75, 3.05) is 6.61 Å². The maximum absolute atomic E-state index is 9.92. The molecule has 0 aliphatic heterocycles. The highest BCUT2D eigenvalue weighted by molar-refractivity contribution is 5.78. The van der Waals surface area contributed by atoms with Crippen molar-refractivity contribution in [3.8, 4) is 22.6 Å². The summed E-state index contributed by atoms with van der Waals surface area (Å²) in [5.74, 6) is 1.88. The van der Waals surface area contributed by atoms with Gasteiger partial charge in [-0.15, -0.1) is 0 Å². The molecule has 0 saturated carbocycles. The molecule has 0 bridgehead atoms. The van der Waals surface area contributed by atoms with Gasteiger partial charge in [-0.05, 0) is 47.1 Å². The van der Waals surface area contributed by atoms with Gasteiger partial charge in [0.1, 0.15) is 11.5 Å². The van der Waals surface area contributed by atoms with Crippen LogP contribution in [0.3, 0.4) is 0 Å². The molecule has 0 heterocycles. The Labute approximate surface area is 146 Å². The number of phenols is 1. The van der Waals surface area contributed by atoms with Crippen LogP contribution in [0.15, 0.2) is 36.4 Å². The number of hydrogen-bond donors (Lipinski definition) is 1. The lowest BCUT2D eigenvalue weighted by Crippen LogP contribution is -2.03. The second-order valence-electron chi connectivity index (χ2n) is 7.00. The van der Waals surface area contributed by atoms with Crippen LogP contribution in [0.5, 0.6) is 11.5 Å². The van der Waals surface area contributed by atoms with Gasteiger partial charge in [0, 0.05) is 11.6 Å². The molecule has 2 nitrogen and oxygen atoms in total. The minimum absolute atomic E-state index is 0.248. The van der Waals surface area contributed by atoms with Crippen LogP contribution >= 0.6 is 0 Å². The third-order valence-electron chi connectivity index (χ3n) is 4.36. The molecule has 0 fully saturated rings. The molecule has 2 aromatic carbocycles. The molecule has 0 saturated heterocycles.